The normalized spacial score (nSPS) is 10.5. The van der Waals surface area contributed by atoms with E-state index >= 15 is 0 Å². The van der Waals surface area contributed by atoms with Gasteiger partial charge >= 0.3 is 0 Å². The van der Waals surface area contributed by atoms with Crippen LogP contribution in [0, 0.1) is 0 Å². The Bertz CT molecular complexity index is 523. The van der Waals surface area contributed by atoms with Crippen molar-refractivity contribution in [3.8, 4) is 0 Å². The van der Waals surface area contributed by atoms with Crippen molar-refractivity contribution in [1.82, 2.24) is 0 Å². The standard InChI is InChI=1S/C16H19ClN2/c1-19(12-14-3-2-4-15(17)11-14)16-7-5-13(6-8-16)9-10-18/h2-8,11H,9-10,12,18H2,1H3. The van der Waals surface area contributed by atoms with Gasteiger partial charge in [0.1, 0.15) is 0 Å². The van der Waals surface area contributed by atoms with Gasteiger partial charge in [0.2, 0.25) is 0 Å². The van der Waals surface area contributed by atoms with E-state index in [-0.39, 0.29) is 0 Å². The Morgan fingerprint density at radius 3 is 2.42 bits per heavy atom. The first-order valence-corrected chi connectivity index (χ1v) is 6.81. The maximum absolute atomic E-state index is 6.00. The van der Waals surface area contributed by atoms with E-state index in [0.29, 0.717) is 6.54 Å². The molecule has 0 atom stereocenters. The number of hydrogen-bond acceptors (Lipinski definition) is 2. The van der Waals surface area contributed by atoms with Crippen LogP contribution in [0.3, 0.4) is 0 Å². The predicted molar refractivity (Wildman–Crippen MR) is 82.8 cm³/mol. The van der Waals surface area contributed by atoms with Gasteiger partial charge in [-0.15, -0.1) is 0 Å². The zero-order valence-corrected chi connectivity index (χ0v) is 11.9. The van der Waals surface area contributed by atoms with Crippen molar-refractivity contribution < 1.29 is 0 Å². The molecule has 0 saturated carbocycles. The molecule has 2 rings (SSSR count). The first-order valence-electron chi connectivity index (χ1n) is 6.43. The second kappa shape index (κ2) is 6.60. The minimum atomic E-state index is 0.692. The quantitative estimate of drug-likeness (QED) is 0.904. The van der Waals surface area contributed by atoms with E-state index < -0.39 is 0 Å². The van der Waals surface area contributed by atoms with Crippen LogP contribution in [-0.2, 0) is 13.0 Å². The zero-order chi connectivity index (χ0) is 13.7. The highest BCUT2D eigenvalue weighted by Gasteiger charge is 2.03. The molecule has 0 aliphatic rings. The fourth-order valence-electron chi connectivity index (χ4n) is 2.08. The van der Waals surface area contributed by atoms with Crippen molar-refractivity contribution in [1.29, 1.82) is 0 Å². The number of benzene rings is 2. The van der Waals surface area contributed by atoms with E-state index in [1.165, 1.54) is 16.8 Å². The Balaban J connectivity index is 2.05. The van der Waals surface area contributed by atoms with Crippen molar-refractivity contribution in [2.24, 2.45) is 5.73 Å². The molecule has 0 spiro atoms. The van der Waals surface area contributed by atoms with Crippen molar-refractivity contribution in [2.45, 2.75) is 13.0 Å². The lowest BCUT2D eigenvalue weighted by atomic mass is 10.1. The molecule has 0 saturated heterocycles. The molecular formula is C16H19ClN2. The summed E-state index contributed by atoms with van der Waals surface area (Å²) in [6.07, 6.45) is 0.929. The predicted octanol–water partition coefficient (Wildman–Crippen LogP) is 3.48. The SMILES string of the molecule is CN(Cc1cccc(Cl)c1)c1ccc(CCN)cc1. The Hall–Kier alpha value is -1.51. The maximum Gasteiger partial charge on any atom is 0.0426 e. The zero-order valence-electron chi connectivity index (χ0n) is 11.1. The summed E-state index contributed by atoms with van der Waals surface area (Å²) in [5.74, 6) is 0. The number of halogens is 1. The molecule has 2 aromatic rings. The van der Waals surface area contributed by atoms with Gasteiger partial charge in [-0.2, -0.15) is 0 Å². The van der Waals surface area contributed by atoms with Crippen LogP contribution in [0.1, 0.15) is 11.1 Å². The van der Waals surface area contributed by atoms with Gasteiger partial charge in [-0.3, -0.25) is 0 Å². The van der Waals surface area contributed by atoms with E-state index in [1.807, 2.05) is 18.2 Å². The molecule has 19 heavy (non-hydrogen) atoms. The monoisotopic (exact) mass is 274 g/mol. The molecular weight excluding hydrogens is 256 g/mol. The van der Waals surface area contributed by atoms with Crippen molar-refractivity contribution >= 4 is 17.3 Å². The molecule has 3 heteroatoms. The van der Waals surface area contributed by atoms with Gasteiger partial charge in [-0.05, 0) is 48.4 Å². The summed E-state index contributed by atoms with van der Waals surface area (Å²) in [5, 5.41) is 0.782. The molecule has 0 bridgehead atoms. The third-order valence-electron chi connectivity index (χ3n) is 3.12. The lowest BCUT2D eigenvalue weighted by molar-refractivity contribution is 0.919. The molecule has 100 valence electrons. The molecule has 2 aromatic carbocycles. The largest absolute Gasteiger partial charge is 0.370 e. The molecule has 2 nitrogen and oxygen atoms in total. The minimum absolute atomic E-state index is 0.692. The van der Waals surface area contributed by atoms with E-state index in [1.54, 1.807) is 0 Å². The van der Waals surface area contributed by atoms with Crippen LogP contribution in [0.2, 0.25) is 5.02 Å². The van der Waals surface area contributed by atoms with Crippen molar-refractivity contribution in [3.63, 3.8) is 0 Å². The molecule has 0 aromatic heterocycles. The Morgan fingerprint density at radius 2 is 1.79 bits per heavy atom. The summed E-state index contributed by atoms with van der Waals surface area (Å²) in [5.41, 5.74) is 9.24. The number of nitrogens with zero attached hydrogens (tertiary/aromatic N) is 1. The van der Waals surface area contributed by atoms with Gasteiger partial charge in [0.15, 0.2) is 0 Å². The summed E-state index contributed by atoms with van der Waals surface area (Å²) in [6, 6.07) is 16.5. The van der Waals surface area contributed by atoms with Gasteiger partial charge in [-0.25, -0.2) is 0 Å². The van der Waals surface area contributed by atoms with Crippen molar-refractivity contribution in [2.75, 3.05) is 18.5 Å². The summed E-state index contributed by atoms with van der Waals surface area (Å²) >= 11 is 6.00. The van der Waals surface area contributed by atoms with Crippen LogP contribution in [0.15, 0.2) is 48.5 Å². The lowest BCUT2D eigenvalue weighted by Crippen LogP contribution is -2.16. The van der Waals surface area contributed by atoms with E-state index in [0.717, 1.165) is 18.0 Å². The second-order valence-corrected chi connectivity index (χ2v) is 5.13. The fourth-order valence-corrected chi connectivity index (χ4v) is 2.30. The molecule has 0 heterocycles. The number of anilines is 1. The van der Waals surface area contributed by atoms with Crippen LogP contribution >= 0.6 is 11.6 Å². The Kier molecular flexibility index (Phi) is 4.83. The maximum atomic E-state index is 6.00. The van der Waals surface area contributed by atoms with Crippen LogP contribution in [0.4, 0.5) is 5.69 Å². The second-order valence-electron chi connectivity index (χ2n) is 4.69. The highest BCUT2D eigenvalue weighted by molar-refractivity contribution is 6.30. The van der Waals surface area contributed by atoms with Gasteiger partial charge in [0, 0.05) is 24.3 Å². The highest BCUT2D eigenvalue weighted by atomic mass is 35.5. The molecule has 0 aliphatic heterocycles. The highest BCUT2D eigenvalue weighted by Crippen LogP contribution is 2.18. The van der Waals surface area contributed by atoms with E-state index in [4.69, 9.17) is 17.3 Å². The van der Waals surface area contributed by atoms with E-state index in [2.05, 4.69) is 42.3 Å². The molecule has 0 radical (unpaired) electrons. The average molecular weight is 275 g/mol. The molecule has 0 amide bonds. The molecule has 0 unspecified atom stereocenters. The summed E-state index contributed by atoms with van der Waals surface area (Å²) in [7, 11) is 2.08. The summed E-state index contributed by atoms with van der Waals surface area (Å²) in [6.45, 7) is 1.54. The molecule has 0 aliphatic carbocycles. The first-order chi connectivity index (χ1) is 9.19. The molecule has 0 fully saturated rings. The van der Waals surface area contributed by atoms with Crippen LogP contribution in [0.5, 0.6) is 0 Å². The van der Waals surface area contributed by atoms with Gasteiger partial charge in [-0.1, -0.05) is 35.9 Å². The molecule has 2 N–H and O–H groups in total. The van der Waals surface area contributed by atoms with Gasteiger partial charge in [0.25, 0.3) is 0 Å². The van der Waals surface area contributed by atoms with Crippen LogP contribution in [-0.4, -0.2) is 13.6 Å². The Labute approximate surface area is 119 Å². The first kappa shape index (κ1) is 13.9. The third-order valence-corrected chi connectivity index (χ3v) is 3.35. The minimum Gasteiger partial charge on any atom is -0.370 e. The fraction of sp³-hybridized carbons (Fsp3) is 0.250. The topological polar surface area (TPSA) is 29.3 Å². The van der Waals surface area contributed by atoms with Crippen LogP contribution in [0.25, 0.3) is 0 Å². The summed E-state index contributed by atoms with van der Waals surface area (Å²) < 4.78 is 0. The Morgan fingerprint density at radius 1 is 1.05 bits per heavy atom. The van der Waals surface area contributed by atoms with Gasteiger partial charge in [0.05, 0.1) is 0 Å². The van der Waals surface area contributed by atoms with Crippen LogP contribution < -0.4 is 10.6 Å². The third kappa shape index (κ3) is 3.98. The average Bonchev–Trinajstić information content (AvgIpc) is 2.40. The van der Waals surface area contributed by atoms with Crippen molar-refractivity contribution in [3.05, 3.63) is 64.7 Å². The number of hydrogen-bond donors (Lipinski definition) is 1. The van der Waals surface area contributed by atoms with E-state index in [9.17, 15) is 0 Å². The summed E-state index contributed by atoms with van der Waals surface area (Å²) in [4.78, 5) is 2.21. The number of rotatable bonds is 5. The number of nitrogens with two attached hydrogens (primary N) is 1. The van der Waals surface area contributed by atoms with Gasteiger partial charge < -0.3 is 10.6 Å². The smallest absolute Gasteiger partial charge is 0.0426 e. The lowest BCUT2D eigenvalue weighted by Gasteiger charge is -2.20.